The lowest BCUT2D eigenvalue weighted by Crippen LogP contribution is -2.67. The largest absolute Gasteiger partial charge is 0.469 e. The number of allylic oxidation sites excluding steroid dienone is 2. The monoisotopic (exact) mass is 592 g/mol. The zero-order valence-corrected chi connectivity index (χ0v) is 26.2. The minimum absolute atomic E-state index is 0.0707. The molecule has 0 aliphatic carbocycles. The van der Waals surface area contributed by atoms with Gasteiger partial charge in [-0.3, -0.25) is 4.79 Å². The van der Waals surface area contributed by atoms with E-state index in [1.807, 2.05) is 30.3 Å². The molecule has 1 heterocycles. The molecular formula is C34H41ClO5Si. The number of carbonyl (C=O) groups excluding carboxylic acids is 1. The van der Waals surface area contributed by atoms with E-state index >= 15 is 0 Å². The van der Waals surface area contributed by atoms with E-state index in [2.05, 4.69) is 87.5 Å². The van der Waals surface area contributed by atoms with Crippen LogP contribution < -0.4 is 10.4 Å². The van der Waals surface area contributed by atoms with E-state index in [-0.39, 0.29) is 23.0 Å². The number of rotatable bonds is 11. The summed E-state index contributed by atoms with van der Waals surface area (Å²) in [4.78, 5) is 11.5. The zero-order chi connectivity index (χ0) is 29.3. The van der Waals surface area contributed by atoms with E-state index in [1.54, 1.807) is 0 Å². The van der Waals surface area contributed by atoms with Crippen molar-refractivity contribution in [2.75, 3.05) is 20.3 Å². The van der Waals surface area contributed by atoms with Gasteiger partial charge in [0, 0.05) is 22.9 Å². The fourth-order valence-electron chi connectivity index (χ4n) is 5.51. The fraction of sp³-hybridized carbons (Fsp3) is 0.382. The summed E-state index contributed by atoms with van der Waals surface area (Å²) in [5, 5.41) is 2.93. The van der Waals surface area contributed by atoms with E-state index in [0.717, 1.165) is 12.0 Å². The number of halogens is 1. The Kier molecular flexibility index (Phi) is 11.0. The highest BCUT2D eigenvalue weighted by Crippen LogP contribution is 2.39. The molecule has 0 amide bonds. The van der Waals surface area contributed by atoms with Gasteiger partial charge in [0.15, 0.2) is 6.29 Å². The summed E-state index contributed by atoms with van der Waals surface area (Å²) in [6, 6.07) is 28.9. The molecule has 0 radical (unpaired) electrons. The van der Waals surface area contributed by atoms with Crippen LogP contribution >= 0.6 is 11.6 Å². The lowest BCUT2D eigenvalue weighted by atomic mass is 9.98. The predicted molar refractivity (Wildman–Crippen MR) is 167 cm³/mol. The van der Waals surface area contributed by atoms with E-state index < -0.39 is 14.6 Å². The standard InChI is InChI=1S/C34H41ClO5Si/c1-34(2,3)41(27-17-9-6-10-18-27,28-19-11-7-12-20-28)39-25-31-26(16-8-5-13-23-32(36)37-4)24-38-33(40-31)29-21-14-15-22-30(29)35/h5-12,14-15,17-22,26,31,33H,13,16,23-25H2,1-4H3/b8-5-/t26-,31-,33+/m0/s1. The average Bonchev–Trinajstić information content (AvgIpc) is 2.98. The van der Waals surface area contributed by atoms with Gasteiger partial charge in [0.25, 0.3) is 8.32 Å². The van der Waals surface area contributed by atoms with Crippen molar-refractivity contribution in [1.82, 2.24) is 0 Å². The Balaban J connectivity index is 1.63. The predicted octanol–water partition coefficient (Wildman–Crippen LogP) is 6.85. The van der Waals surface area contributed by atoms with Gasteiger partial charge in [0.2, 0.25) is 0 Å². The number of carbonyl (C=O) groups is 1. The van der Waals surface area contributed by atoms with E-state index in [4.69, 9.17) is 30.2 Å². The first-order valence-corrected chi connectivity index (χ1v) is 16.5. The normalized spacial score (nSPS) is 19.8. The minimum Gasteiger partial charge on any atom is -0.469 e. The highest BCUT2D eigenvalue weighted by Gasteiger charge is 2.51. The van der Waals surface area contributed by atoms with Gasteiger partial charge in [-0.15, -0.1) is 0 Å². The quantitative estimate of drug-likeness (QED) is 0.138. The zero-order valence-electron chi connectivity index (χ0n) is 24.4. The second-order valence-corrected chi connectivity index (χ2v) is 16.1. The molecule has 1 fully saturated rings. The summed E-state index contributed by atoms with van der Waals surface area (Å²) in [7, 11) is -1.34. The molecule has 0 bridgehead atoms. The van der Waals surface area contributed by atoms with Crippen molar-refractivity contribution in [2.45, 2.75) is 57.5 Å². The van der Waals surface area contributed by atoms with Crippen LogP contribution in [0.4, 0.5) is 0 Å². The second-order valence-electron chi connectivity index (χ2n) is 11.4. The van der Waals surface area contributed by atoms with Gasteiger partial charge >= 0.3 is 5.97 Å². The van der Waals surface area contributed by atoms with Gasteiger partial charge in [0.1, 0.15) is 0 Å². The number of methoxy groups -OCH3 is 1. The first-order valence-electron chi connectivity index (χ1n) is 14.2. The van der Waals surface area contributed by atoms with Crippen molar-refractivity contribution in [3.05, 3.63) is 108 Å². The van der Waals surface area contributed by atoms with Gasteiger partial charge < -0.3 is 18.6 Å². The average molecular weight is 593 g/mol. The molecule has 3 aromatic rings. The summed E-state index contributed by atoms with van der Waals surface area (Å²) in [6.07, 6.45) is 5.06. The summed E-state index contributed by atoms with van der Waals surface area (Å²) >= 11 is 6.53. The Morgan fingerprint density at radius 3 is 2.15 bits per heavy atom. The van der Waals surface area contributed by atoms with Crippen LogP contribution in [0.3, 0.4) is 0 Å². The van der Waals surface area contributed by atoms with Crippen LogP contribution in [0.25, 0.3) is 0 Å². The smallest absolute Gasteiger partial charge is 0.305 e. The molecule has 7 heteroatoms. The number of hydrogen-bond donors (Lipinski definition) is 0. The van der Waals surface area contributed by atoms with Crippen molar-refractivity contribution < 1.29 is 23.4 Å². The lowest BCUT2D eigenvalue weighted by Gasteiger charge is -2.45. The maximum atomic E-state index is 11.5. The Morgan fingerprint density at radius 2 is 1.56 bits per heavy atom. The molecule has 0 N–H and O–H groups in total. The van der Waals surface area contributed by atoms with Crippen LogP contribution in [0, 0.1) is 5.92 Å². The third-order valence-electron chi connectivity index (χ3n) is 7.67. The Hall–Kier alpha value is -2.74. The SMILES string of the molecule is COC(=O)CC/C=C\C[C@H]1CO[C@@H](c2ccccc2Cl)O[C@H]1CO[Si](c1ccccc1)(c1ccccc1)C(C)(C)C. The highest BCUT2D eigenvalue weighted by molar-refractivity contribution is 6.99. The summed E-state index contributed by atoms with van der Waals surface area (Å²) in [5.74, 6) is -0.139. The van der Waals surface area contributed by atoms with Gasteiger partial charge in [-0.25, -0.2) is 0 Å². The number of hydrogen-bond acceptors (Lipinski definition) is 5. The summed E-state index contributed by atoms with van der Waals surface area (Å²) in [6.45, 7) is 7.75. The number of esters is 1. The van der Waals surface area contributed by atoms with Gasteiger partial charge in [-0.2, -0.15) is 0 Å². The lowest BCUT2D eigenvalue weighted by molar-refractivity contribution is -0.246. The first-order chi connectivity index (χ1) is 19.8. The van der Waals surface area contributed by atoms with Crippen molar-refractivity contribution >= 4 is 36.3 Å². The van der Waals surface area contributed by atoms with Gasteiger partial charge in [-0.05, 0) is 34.3 Å². The second kappa shape index (κ2) is 14.4. The highest BCUT2D eigenvalue weighted by atomic mass is 35.5. The molecule has 1 aliphatic rings. The molecule has 0 saturated carbocycles. The molecule has 0 unspecified atom stereocenters. The molecule has 1 aliphatic heterocycles. The number of ether oxygens (including phenoxy) is 3. The maximum absolute atomic E-state index is 11.5. The molecule has 5 nitrogen and oxygen atoms in total. The molecule has 3 atom stereocenters. The Bertz CT molecular complexity index is 1240. The van der Waals surface area contributed by atoms with Crippen LogP contribution in [0.1, 0.15) is 51.9 Å². The molecule has 1 saturated heterocycles. The van der Waals surface area contributed by atoms with Crippen LogP contribution in [0.15, 0.2) is 97.1 Å². The van der Waals surface area contributed by atoms with Crippen LogP contribution in [0.2, 0.25) is 10.1 Å². The van der Waals surface area contributed by atoms with Gasteiger partial charge in [-0.1, -0.05) is 123 Å². The van der Waals surface area contributed by atoms with Crippen molar-refractivity contribution in [2.24, 2.45) is 5.92 Å². The molecule has 41 heavy (non-hydrogen) atoms. The van der Waals surface area contributed by atoms with Crippen molar-refractivity contribution in [3.63, 3.8) is 0 Å². The van der Waals surface area contributed by atoms with Crippen molar-refractivity contribution in [1.29, 1.82) is 0 Å². The fourth-order valence-corrected chi connectivity index (χ4v) is 10.3. The Labute approximate surface area is 250 Å². The third-order valence-corrected chi connectivity index (χ3v) is 13.0. The molecule has 0 spiro atoms. The maximum Gasteiger partial charge on any atom is 0.305 e. The van der Waals surface area contributed by atoms with Crippen LogP contribution in [0.5, 0.6) is 0 Å². The third kappa shape index (κ3) is 7.56. The van der Waals surface area contributed by atoms with Crippen molar-refractivity contribution in [3.8, 4) is 0 Å². The number of benzene rings is 3. The molecule has 218 valence electrons. The van der Waals surface area contributed by atoms with Gasteiger partial charge in [0.05, 0.1) is 26.4 Å². The van der Waals surface area contributed by atoms with E-state index in [1.165, 1.54) is 17.5 Å². The van der Waals surface area contributed by atoms with E-state index in [9.17, 15) is 4.79 Å². The van der Waals surface area contributed by atoms with E-state index in [0.29, 0.717) is 31.1 Å². The minimum atomic E-state index is -2.75. The molecule has 3 aromatic carbocycles. The van der Waals surface area contributed by atoms with Crippen LogP contribution in [-0.2, 0) is 23.4 Å². The molecular weight excluding hydrogens is 552 g/mol. The molecule has 0 aromatic heterocycles. The summed E-state index contributed by atoms with van der Waals surface area (Å²) in [5.41, 5.74) is 0.816. The van der Waals surface area contributed by atoms with Crippen LogP contribution in [-0.4, -0.2) is 40.7 Å². The first kappa shape index (κ1) is 31.2. The Morgan fingerprint density at radius 1 is 0.951 bits per heavy atom. The molecule has 4 rings (SSSR count). The summed E-state index contributed by atoms with van der Waals surface area (Å²) < 4.78 is 24.9. The topological polar surface area (TPSA) is 54.0 Å².